The van der Waals surface area contributed by atoms with Crippen molar-refractivity contribution in [3.05, 3.63) is 29.3 Å². The highest BCUT2D eigenvalue weighted by Gasteiger charge is 2.37. The van der Waals surface area contributed by atoms with Crippen molar-refractivity contribution in [3.63, 3.8) is 0 Å². The highest BCUT2D eigenvalue weighted by molar-refractivity contribution is 6.13. The number of Topliss-reactive ketones (excluding diaryl/α,β-unsaturated/α-hetero) is 1. The van der Waals surface area contributed by atoms with E-state index in [1.54, 1.807) is 12.1 Å². The molecule has 0 N–H and O–H groups in total. The fourth-order valence-corrected chi connectivity index (χ4v) is 1.81. The number of ether oxygens (including phenoxy) is 2. The predicted octanol–water partition coefficient (Wildman–Crippen LogP) is 1.06. The van der Waals surface area contributed by atoms with Gasteiger partial charge in [-0.25, -0.2) is 4.79 Å². The second-order valence-corrected chi connectivity index (χ2v) is 3.71. The third kappa shape index (κ3) is 1.80. The molecule has 5 nitrogen and oxygen atoms in total. The number of fused-ring (bicyclic) bond motifs is 1. The number of rotatable bonds is 2. The van der Waals surface area contributed by atoms with E-state index in [0.29, 0.717) is 11.3 Å². The summed E-state index contributed by atoms with van der Waals surface area (Å²) >= 11 is 0. The number of methoxy groups -OCH3 is 1. The van der Waals surface area contributed by atoms with Crippen LogP contribution in [-0.4, -0.2) is 24.8 Å². The molecule has 2 rings (SSSR count). The summed E-state index contributed by atoms with van der Waals surface area (Å²) in [6.07, 6.45) is 0. The van der Waals surface area contributed by atoms with Crippen molar-refractivity contribution >= 4 is 17.7 Å². The Morgan fingerprint density at radius 2 is 2.06 bits per heavy atom. The molecule has 1 aliphatic heterocycles. The third-order valence-corrected chi connectivity index (χ3v) is 2.63. The van der Waals surface area contributed by atoms with E-state index < -0.39 is 17.9 Å². The minimum atomic E-state index is -1.02. The largest absolute Gasteiger partial charge is 0.497 e. The van der Waals surface area contributed by atoms with Crippen molar-refractivity contribution in [2.75, 3.05) is 7.11 Å². The predicted molar refractivity (Wildman–Crippen MR) is 56.8 cm³/mol. The number of hydrogen-bond acceptors (Lipinski definition) is 5. The maximum atomic E-state index is 11.5. The maximum absolute atomic E-state index is 11.5. The molecule has 0 aliphatic carbocycles. The van der Waals surface area contributed by atoms with E-state index in [2.05, 4.69) is 4.74 Å². The van der Waals surface area contributed by atoms with E-state index >= 15 is 0 Å². The first-order valence-electron chi connectivity index (χ1n) is 4.99. The SMILES string of the molecule is COc1ccc2c(c1)C(=O)OC(=O)C2C(C)=O. The van der Waals surface area contributed by atoms with E-state index in [4.69, 9.17) is 4.74 Å². The standard InChI is InChI=1S/C12H10O5/c1-6(13)10-8-4-3-7(16-2)5-9(8)11(14)17-12(10)15/h3-5,10H,1-2H3. The highest BCUT2D eigenvalue weighted by Crippen LogP contribution is 2.31. The molecule has 1 atom stereocenters. The van der Waals surface area contributed by atoms with Gasteiger partial charge in [-0.05, 0) is 24.6 Å². The molecule has 0 bridgehead atoms. The number of carbonyl (C=O) groups excluding carboxylic acids is 3. The first-order chi connectivity index (χ1) is 8.04. The molecular weight excluding hydrogens is 224 g/mol. The number of hydrogen-bond donors (Lipinski definition) is 0. The Morgan fingerprint density at radius 3 is 2.65 bits per heavy atom. The summed E-state index contributed by atoms with van der Waals surface area (Å²) in [6, 6.07) is 4.60. The van der Waals surface area contributed by atoms with E-state index in [-0.39, 0.29) is 11.3 Å². The van der Waals surface area contributed by atoms with Gasteiger partial charge >= 0.3 is 11.9 Å². The van der Waals surface area contributed by atoms with Gasteiger partial charge in [-0.3, -0.25) is 9.59 Å². The van der Waals surface area contributed by atoms with Crippen molar-refractivity contribution < 1.29 is 23.9 Å². The normalized spacial score (nSPS) is 18.4. The monoisotopic (exact) mass is 234 g/mol. The zero-order valence-corrected chi connectivity index (χ0v) is 9.35. The summed E-state index contributed by atoms with van der Waals surface area (Å²) in [7, 11) is 1.46. The zero-order valence-electron chi connectivity index (χ0n) is 9.35. The number of ketones is 1. The van der Waals surface area contributed by atoms with Crippen LogP contribution in [0.5, 0.6) is 5.75 Å². The Balaban J connectivity index is 2.59. The molecule has 0 radical (unpaired) electrons. The quantitative estimate of drug-likeness (QED) is 0.565. The molecule has 5 heteroatoms. The lowest BCUT2D eigenvalue weighted by Crippen LogP contribution is -2.31. The smallest absolute Gasteiger partial charge is 0.346 e. The molecule has 1 aliphatic rings. The van der Waals surface area contributed by atoms with E-state index in [1.807, 2.05) is 0 Å². The number of carbonyl (C=O) groups is 3. The molecule has 0 aromatic heterocycles. The molecule has 0 spiro atoms. The average molecular weight is 234 g/mol. The van der Waals surface area contributed by atoms with Crippen molar-refractivity contribution in [1.29, 1.82) is 0 Å². The van der Waals surface area contributed by atoms with Crippen LogP contribution < -0.4 is 4.74 Å². The molecule has 0 saturated heterocycles. The third-order valence-electron chi connectivity index (χ3n) is 2.63. The lowest BCUT2D eigenvalue weighted by atomic mass is 9.89. The van der Waals surface area contributed by atoms with Gasteiger partial charge in [0.25, 0.3) is 0 Å². The van der Waals surface area contributed by atoms with Gasteiger partial charge < -0.3 is 9.47 Å². The van der Waals surface area contributed by atoms with Crippen LogP contribution in [0.15, 0.2) is 18.2 Å². The second kappa shape index (κ2) is 4.01. The molecular formula is C12H10O5. The summed E-state index contributed by atoms with van der Waals surface area (Å²) in [5.41, 5.74) is 0.573. The van der Waals surface area contributed by atoms with Gasteiger partial charge in [0.1, 0.15) is 17.5 Å². The van der Waals surface area contributed by atoms with Crippen molar-refractivity contribution in [2.24, 2.45) is 0 Å². The van der Waals surface area contributed by atoms with Gasteiger partial charge in [0, 0.05) is 0 Å². The average Bonchev–Trinajstić information content (AvgIpc) is 2.28. The lowest BCUT2D eigenvalue weighted by molar-refractivity contribution is -0.143. The number of cyclic esters (lactones) is 2. The van der Waals surface area contributed by atoms with Crippen LogP contribution >= 0.6 is 0 Å². The molecule has 0 amide bonds. The molecule has 1 unspecified atom stereocenters. The molecule has 1 aromatic carbocycles. The van der Waals surface area contributed by atoms with Crippen molar-refractivity contribution in [3.8, 4) is 5.75 Å². The Hall–Kier alpha value is -2.17. The van der Waals surface area contributed by atoms with E-state index in [9.17, 15) is 14.4 Å². The van der Waals surface area contributed by atoms with Gasteiger partial charge in [-0.1, -0.05) is 6.07 Å². The summed E-state index contributed by atoms with van der Waals surface area (Å²) in [5.74, 6) is -2.47. The molecule has 0 fully saturated rings. The van der Waals surface area contributed by atoms with Crippen LogP contribution in [0.25, 0.3) is 0 Å². The maximum Gasteiger partial charge on any atom is 0.346 e. The van der Waals surface area contributed by atoms with Gasteiger partial charge in [-0.15, -0.1) is 0 Å². The summed E-state index contributed by atoms with van der Waals surface area (Å²) in [5, 5.41) is 0. The van der Waals surface area contributed by atoms with Crippen LogP contribution in [0.1, 0.15) is 28.8 Å². The van der Waals surface area contributed by atoms with Crippen LogP contribution in [-0.2, 0) is 14.3 Å². The number of esters is 2. The van der Waals surface area contributed by atoms with Crippen LogP contribution in [0.3, 0.4) is 0 Å². The van der Waals surface area contributed by atoms with E-state index in [1.165, 1.54) is 20.1 Å². The Kier molecular flexibility index (Phi) is 2.67. The van der Waals surface area contributed by atoms with Gasteiger partial charge in [0.05, 0.1) is 12.7 Å². The molecule has 88 valence electrons. The topological polar surface area (TPSA) is 69.7 Å². The molecule has 1 aromatic rings. The van der Waals surface area contributed by atoms with Crippen LogP contribution in [0.4, 0.5) is 0 Å². The summed E-state index contributed by atoms with van der Waals surface area (Å²) in [6.45, 7) is 1.29. The Labute approximate surface area is 97.3 Å². The number of benzene rings is 1. The van der Waals surface area contributed by atoms with Crippen molar-refractivity contribution in [2.45, 2.75) is 12.8 Å². The summed E-state index contributed by atoms with van der Waals surface area (Å²) < 4.78 is 9.51. The van der Waals surface area contributed by atoms with Crippen LogP contribution in [0, 0.1) is 0 Å². The fourth-order valence-electron chi connectivity index (χ4n) is 1.81. The second-order valence-electron chi connectivity index (χ2n) is 3.71. The first kappa shape index (κ1) is 11.3. The minimum absolute atomic E-state index is 0.198. The molecule has 17 heavy (non-hydrogen) atoms. The Bertz CT molecular complexity index is 518. The first-order valence-corrected chi connectivity index (χ1v) is 4.99. The zero-order chi connectivity index (χ0) is 12.6. The minimum Gasteiger partial charge on any atom is -0.497 e. The van der Waals surface area contributed by atoms with Gasteiger partial charge in [0.2, 0.25) is 0 Å². The molecule has 0 saturated carbocycles. The van der Waals surface area contributed by atoms with Gasteiger partial charge in [0.15, 0.2) is 0 Å². The lowest BCUT2D eigenvalue weighted by Gasteiger charge is -2.21. The Morgan fingerprint density at radius 1 is 1.35 bits per heavy atom. The fraction of sp³-hybridized carbons (Fsp3) is 0.250. The summed E-state index contributed by atoms with van der Waals surface area (Å²) in [4.78, 5) is 34.4. The van der Waals surface area contributed by atoms with Gasteiger partial charge in [-0.2, -0.15) is 0 Å². The molecule has 1 heterocycles. The highest BCUT2D eigenvalue weighted by atomic mass is 16.6. The van der Waals surface area contributed by atoms with Crippen molar-refractivity contribution in [1.82, 2.24) is 0 Å². The van der Waals surface area contributed by atoms with Crippen LogP contribution in [0.2, 0.25) is 0 Å². The van der Waals surface area contributed by atoms with E-state index in [0.717, 1.165) is 0 Å².